The lowest BCUT2D eigenvalue weighted by Crippen LogP contribution is -2.06. The second-order valence-electron chi connectivity index (χ2n) is 8.10. The number of pyridine rings is 1. The summed E-state index contributed by atoms with van der Waals surface area (Å²) in [6, 6.07) is 15.2. The van der Waals surface area contributed by atoms with Crippen LogP contribution < -0.4 is 0 Å². The lowest BCUT2D eigenvalue weighted by atomic mass is 9.84. The van der Waals surface area contributed by atoms with Crippen molar-refractivity contribution in [2.45, 2.75) is 32.1 Å². The molecule has 4 aromatic rings. The molecule has 5 rings (SSSR count). The zero-order chi connectivity index (χ0) is 19.6. The van der Waals surface area contributed by atoms with Gasteiger partial charge in [0.15, 0.2) is 0 Å². The summed E-state index contributed by atoms with van der Waals surface area (Å²) in [5, 5.41) is 8.90. The minimum atomic E-state index is 0.790. The topological polar surface area (TPSA) is 35.1 Å². The number of rotatable bonds is 5. The highest BCUT2D eigenvalue weighted by Gasteiger charge is 2.18. The van der Waals surface area contributed by atoms with Gasteiger partial charge in [-0.25, -0.2) is 4.52 Å². The number of aryl methyl sites for hydroxylation is 2. The molecule has 0 saturated carbocycles. The second-order valence-corrected chi connectivity index (χ2v) is 8.10. The molecule has 0 fully saturated rings. The van der Waals surface area contributed by atoms with Crippen molar-refractivity contribution in [3.05, 3.63) is 84.5 Å². The van der Waals surface area contributed by atoms with Crippen LogP contribution in [0.3, 0.4) is 0 Å². The summed E-state index contributed by atoms with van der Waals surface area (Å²) >= 11 is 0. The number of fused-ring (bicyclic) bond motifs is 1. The van der Waals surface area contributed by atoms with E-state index in [1.165, 1.54) is 47.9 Å². The zero-order valence-electron chi connectivity index (χ0n) is 16.8. The second kappa shape index (κ2) is 7.70. The quantitative estimate of drug-likeness (QED) is 0.453. The van der Waals surface area contributed by atoms with Gasteiger partial charge in [0.05, 0.1) is 17.9 Å². The maximum absolute atomic E-state index is 4.63. The molecular formula is C25H26N4. The Kier molecular flexibility index (Phi) is 4.76. The van der Waals surface area contributed by atoms with Crippen LogP contribution in [-0.4, -0.2) is 19.4 Å². The summed E-state index contributed by atoms with van der Waals surface area (Å²) < 4.78 is 3.83. The van der Waals surface area contributed by atoms with Gasteiger partial charge in [0.1, 0.15) is 0 Å². The van der Waals surface area contributed by atoms with Crippen molar-refractivity contribution in [3.8, 4) is 11.1 Å². The Balaban J connectivity index is 1.30. The number of aromatic nitrogens is 4. The van der Waals surface area contributed by atoms with E-state index in [0.29, 0.717) is 0 Å². The summed E-state index contributed by atoms with van der Waals surface area (Å²) in [5.74, 6) is 0.790. The molecule has 0 radical (unpaired) electrons. The fraction of sp³-hybridized carbons (Fsp3) is 0.280. The van der Waals surface area contributed by atoms with Crippen molar-refractivity contribution in [3.63, 3.8) is 0 Å². The summed E-state index contributed by atoms with van der Waals surface area (Å²) in [5.41, 5.74) is 7.62. The normalized spacial score (nSPS) is 16.9. The molecule has 0 saturated heterocycles. The Morgan fingerprint density at radius 1 is 0.966 bits per heavy atom. The van der Waals surface area contributed by atoms with Gasteiger partial charge >= 0.3 is 0 Å². The van der Waals surface area contributed by atoms with Gasteiger partial charge in [-0.1, -0.05) is 42.5 Å². The van der Waals surface area contributed by atoms with Crippen molar-refractivity contribution in [2.75, 3.05) is 0 Å². The first-order valence-electron chi connectivity index (χ1n) is 10.5. The first kappa shape index (κ1) is 17.9. The van der Waals surface area contributed by atoms with Crippen LogP contribution in [-0.2, 0) is 13.5 Å². The molecule has 29 heavy (non-hydrogen) atoms. The van der Waals surface area contributed by atoms with E-state index in [9.17, 15) is 0 Å². The summed E-state index contributed by atoms with van der Waals surface area (Å²) in [6.07, 6.45) is 16.5. The van der Waals surface area contributed by atoms with Crippen molar-refractivity contribution in [1.82, 2.24) is 19.4 Å². The van der Waals surface area contributed by atoms with Gasteiger partial charge in [-0.05, 0) is 55.2 Å². The lowest BCUT2D eigenvalue weighted by molar-refractivity contribution is 0.451. The number of hydrogen-bond acceptors (Lipinski definition) is 2. The Morgan fingerprint density at radius 2 is 1.86 bits per heavy atom. The molecular weight excluding hydrogens is 356 g/mol. The summed E-state index contributed by atoms with van der Waals surface area (Å²) in [4.78, 5) is 0. The average molecular weight is 383 g/mol. The number of allylic oxidation sites excluding steroid dienone is 2. The van der Waals surface area contributed by atoms with Crippen LogP contribution in [0.5, 0.6) is 0 Å². The monoisotopic (exact) mass is 382 g/mol. The molecule has 4 nitrogen and oxygen atoms in total. The number of benzene rings is 1. The first-order valence-corrected chi connectivity index (χ1v) is 10.5. The molecule has 1 atom stereocenters. The van der Waals surface area contributed by atoms with E-state index in [4.69, 9.17) is 0 Å². The summed E-state index contributed by atoms with van der Waals surface area (Å²) in [7, 11) is 1.94. The third-order valence-corrected chi connectivity index (χ3v) is 6.10. The molecule has 3 aromatic heterocycles. The van der Waals surface area contributed by atoms with E-state index >= 15 is 0 Å². The van der Waals surface area contributed by atoms with Gasteiger partial charge in [0, 0.05) is 36.1 Å². The molecule has 0 aliphatic heterocycles. The van der Waals surface area contributed by atoms with Crippen LogP contribution >= 0.6 is 0 Å². The molecule has 0 amide bonds. The average Bonchev–Trinajstić information content (AvgIpc) is 3.39. The van der Waals surface area contributed by atoms with E-state index in [1.54, 1.807) is 0 Å². The zero-order valence-corrected chi connectivity index (χ0v) is 16.8. The summed E-state index contributed by atoms with van der Waals surface area (Å²) in [6.45, 7) is 0. The Labute approximate surface area is 171 Å². The van der Waals surface area contributed by atoms with Gasteiger partial charge in [-0.3, -0.25) is 4.68 Å². The highest BCUT2D eigenvalue weighted by Crippen LogP contribution is 2.34. The van der Waals surface area contributed by atoms with Crippen LogP contribution in [0.15, 0.2) is 73.3 Å². The standard InChI is InChI=1S/C25H26N4/c1-28-17-23(15-26-28)22-13-14-25-24(16-27-29(25)18-22)21-11-9-20(10-12-21)8-7-19-5-3-2-4-6-19/h2-6,11,13-18,20H,7-10,12H2,1H3. The van der Waals surface area contributed by atoms with Gasteiger partial charge in [0.25, 0.3) is 0 Å². The predicted octanol–water partition coefficient (Wildman–Crippen LogP) is 5.55. The minimum Gasteiger partial charge on any atom is -0.275 e. The van der Waals surface area contributed by atoms with Crippen molar-refractivity contribution in [2.24, 2.45) is 13.0 Å². The van der Waals surface area contributed by atoms with Gasteiger partial charge in [-0.2, -0.15) is 10.2 Å². The fourth-order valence-corrected chi connectivity index (χ4v) is 4.38. The highest BCUT2D eigenvalue weighted by atomic mass is 15.2. The maximum Gasteiger partial charge on any atom is 0.0737 e. The molecule has 1 aliphatic carbocycles. The van der Waals surface area contributed by atoms with Gasteiger partial charge in [-0.15, -0.1) is 0 Å². The van der Waals surface area contributed by atoms with E-state index in [-0.39, 0.29) is 0 Å². The third-order valence-electron chi connectivity index (χ3n) is 6.10. The molecule has 1 unspecified atom stereocenters. The molecule has 3 heterocycles. The molecule has 0 N–H and O–H groups in total. The maximum atomic E-state index is 4.63. The molecule has 1 aliphatic rings. The van der Waals surface area contributed by atoms with E-state index in [0.717, 1.165) is 23.5 Å². The predicted molar refractivity (Wildman–Crippen MR) is 117 cm³/mol. The highest BCUT2D eigenvalue weighted by molar-refractivity contribution is 5.79. The van der Waals surface area contributed by atoms with Crippen LogP contribution in [0.1, 0.15) is 36.8 Å². The molecule has 146 valence electrons. The van der Waals surface area contributed by atoms with Gasteiger partial charge < -0.3 is 0 Å². The Morgan fingerprint density at radius 3 is 2.62 bits per heavy atom. The van der Waals surface area contributed by atoms with Crippen LogP contribution in [0.25, 0.3) is 22.2 Å². The van der Waals surface area contributed by atoms with Crippen molar-refractivity contribution < 1.29 is 0 Å². The smallest absolute Gasteiger partial charge is 0.0737 e. The van der Waals surface area contributed by atoms with E-state index in [2.05, 4.69) is 64.9 Å². The molecule has 0 bridgehead atoms. The number of hydrogen-bond donors (Lipinski definition) is 0. The molecule has 4 heteroatoms. The largest absolute Gasteiger partial charge is 0.275 e. The third kappa shape index (κ3) is 3.75. The van der Waals surface area contributed by atoms with E-state index < -0.39 is 0 Å². The van der Waals surface area contributed by atoms with Crippen LogP contribution in [0.4, 0.5) is 0 Å². The first-order chi connectivity index (χ1) is 14.3. The Bertz CT molecular complexity index is 1150. The van der Waals surface area contributed by atoms with Crippen LogP contribution in [0.2, 0.25) is 0 Å². The fourth-order valence-electron chi connectivity index (χ4n) is 4.38. The van der Waals surface area contributed by atoms with Crippen LogP contribution in [0, 0.1) is 5.92 Å². The Hall–Kier alpha value is -3.14. The van der Waals surface area contributed by atoms with Crippen molar-refractivity contribution >= 4 is 11.1 Å². The van der Waals surface area contributed by atoms with Gasteiger partial charge in [0.2, 0.25) is 0 Å². The molecule has 1 aromatic carbocycles. The minimum absolute atomic E-state index is 0.790. The number of nitrogens with zero attached hydrogens (tertiary/aromatic N) is 4. The lowest BCUT2D eigenvalue weighted by Gasteiger charge is -2.21. The SMILES string of the molecule is Cn1cc(-c2ccc3c(C4=CCC(CCc5ccccc5)CC4)cnn3c2)cn1. The molecule has 0 spiro atoms. The van der Waals surface area contributed by atoms with E-state index in [1.807, 2.05) is 34.8 Å². The van der Waals surface area contributed by atoms with Crippen molar-refractivity contribution in [1.29, 1.82) is 0 Å².